The van der Waals surface area contributed by atoms with Gasteiger partial charge >= 0.3 is 0 Å². The first-order chi connectivity index (χ1) is 27.0. The van der Waals surface area contributed by atoms with Gasteiger partial charge in [-0.1, -0.05) is 81.4 Å². The molecule has 11 nitrogen and oxygen atoms in total. The van der Waals surface area contributed by atoms with Gasteiger partial charge in [0.1, 0.15) is 36.0 Å². The molecule has 4 atom stereocenters. The number of aliphatic hydroxyl groups excluding tert-OH is 1. The summed E-state index contributed by atoms with van der Waals surface area (Å²) in [4.78, 5) is 45.4. The molecule has 0 spiro atoms. The van der Waals surface area contributed by atoms with Crippen molar-refractivity contribution in [3.8, 4) is 17.4 Å². The van der Waals surface area contributed by atoms with Crippen molar-refractivity contribution in [3.63, 3.8) is 0 Å². The normalized spacial score (nSPS) is 21.8. The molecule has 1 N–H and O–H groups in total. The van der Waals surface area contributed by atoms with Crippen LogP contribution in [0.1, 0.15) is 101 Å². The monoisotopic (exact) mass is 792 g/mol. The topological polar surface area (TPSA) is 138 Å². The number of rotatable bonds is 12. The zero-order valence-electron chi connectivity index (χ0n) is 34.2. The van der Waals surface area contributed by atoms with Crippen molar-refractivity contribution in [2.24, 2.45) is 11.8 Å². The molecule has 57 heavy (non-hydrogen) atoms. The summed E-state index contributed by atoms with van der Waals surface area (Å²) in [5, 5.41) is 16.9. The maximum atomic E-state index is 15.6. The first kappa shape index (κ1) is 40.2. The number of hydrogen-bond donors (Lipinski definition) is 1. The first-order valence-corrected chi connectivity index (χ1v) is 22.4. The van der Waals surface area contributed by atoms with E-state index in [4.69, 9.17) is 23.2 Å². The molecule has 0 bridgehead atoms. The highest BCUT2D eigenvalue weighted by Gasteiger charge is 2.67. The van der Waals surface area contributed by atoms with E-state index in [1.165, 1.54) is 6.07 Å². The van der Waals surface area contributed by atoms with Crippen LogP contribution in [-0.2, 0) is 24.1 Å². The van der Waals surface area contributed by atoms with Crippen molar-refractivity contribution in [3.05, 3.63) is 117 Å². The lowest BCUT2D eigenvalue weighted by molar-refractivity contribution is -0.0481. The molecule has 0 aliphatic heterocycles. The molecule has 1 unspecified atom stereocenters. The number of hydrogen-bond acceptors (Lipinski definition) is 11. The van der Waals surface area contributed by atoms with E-state index in [9.17, 15) is 9.90 Å². The van der Waals surface area contributed by atoms with Crippen molar-refractivity contribution >= 4 is 26.2 Å². The highest BCUT2D eigenvalue weighted by atomic mass is 28.4. The number of carbonyl (C=O) groups is 3. The van der Waals surface area contributed by atoms with Crippen LogP contribution >= 0.6 is 0 Å². The van der Waals surface area contributed by atoms with Crippen molar-refractivity contribution < 1.29 is 42.6 Å². The molecule has 7 rings (SSSR count). The van der Waals surface area contributed by atoms with Crippen LogP contribution in [-0.4, -0.2) is 67.1 Å². The largest absolute Gasteiger partial charge is 0.508 e. The molecular formula is C45H52N2O9Si. The molecule has 3 aliphatic carbocycles. The molecule has 3 aliphatic rings. The third kappa shape index (κ3) is 6.91. The number of ketones is 2. The molecule has 12 heteroatoms. The van der Waals surface area contributed by atoms with E-state index in [1.54, 1.807) is 0 Å². The van der Waals surface area contributed by atoms with Crippen LogP contribution in [0, 0.1) is 11.8 Å². The molecule has 300 valence electrons. The average molecular weight is 793 g/mol. The van der Waals surface area contributed by atoms with E-state index in [0.717, 1.165) is 11.1 Å². The molecule has 1 aromatic heterocycles. The Morgan fingerprint density at radius 1 is 0.982 bits per heavy atom. The highest BCUT2D eigenvalue weighted by Crippen LogP contribution is 2.60. The number of ether oxygens (including phenoxy) is 3. The van der Waals surface area contributed by atoms with Gasteiger partial charge in [-0.15, -0.1) is 0 Å². The van der Waals surface area contributed by atoms with E-state index >= 15 is 9.59 Å². The number of nitrogens with zero attached hydrogens (tertiary/aromatic N) is 2. The van der Waals surface area contributed by atoms with Gasteiger partial charge in [-0.2, -0.15) is 0 Å². The molecule has 1 heterocycles. The summed E-state index contributed by atoms with van der Waals surface area (Å²) in [6.45, 7) is 14.2. The zero-order chi connectivity index (χ0) is 41.0. The minimum atomic E-state index is -2.92. The van der Waals surface area contributed by atoms with E-state index in [0.29, 0.717) is 23.4 Å². The lowest BCUT2D eigenvalue weighted by Crippen LogP contribution is -2.65. The van der Waals surface area contributed by atoms with Crippen LogP contribution in [0.4, 0.5) is 0 Å². The molecular weight excluding hydrogens is 741 g/mol. The molecule has 0 saturated heterocycles. The summed E-state index contributed by atoms with van der Waals surface area (Å²) in [6, 6.07) is 19.9. The second-order valence-electron chi connectivity index (χ2n) is 17.4. The average Bonchev–Trinajstić information content (AvgIpc) is 3.58. The van der Waals surface area contributed by atoms with Gasteiger partial charge in [-0.25, -0.2) is 0 Å². The Balaban J connectivity index is 1.44. The summed E-state index contributed by atoms with van der Waals surface area (Å²) in [6.07, 6.45) is 0.908. The quantitative estimate of drug-likeness (QED) is 0.109. The van der Waals surface area contributed by atoms with Crippen molar-refractivity contribution in [2.75, 3.05) is 14.1 Å². The fourth-order valence-electron chi connectivity index (χ4n) is 8.33. The number of fused-ring (bicyclic) bond motifs is 4. The summed E-state index contributed by atoms with van der Waals surface area (Å²) in [5.74, 6) is -1.95. The Hall–Kier alpha value is -5.04. The maximum absolute atomic E-state index is 15.6. The summed E-state index contributed by atoms with van der Waals surface area (Å²) >= 11 is 0. The number of benzene rings is 3. The Bertz CT molecular complexity index is 2220. The van der Waals surface area contributed by atoms with Gasteiger partial charge in [0.05, 0.1) is 23.3 Å². The Kier molecular flexibility index (Phi) is 10.6. The van der Waals surface area contributed by atoms with E-state index in [-0.39, 0.29) is 71.1 Å². The summed E-state index contributed by atoms with van der Waals surface area (Å²) < 4.78 is 32.1. The van der Waals surface area contributed by atoms with Crippen LogP contribution < -0.4 is 14.2 Å². The fourth-order valence-corrected chi connectivity index (χ4v) is 9.78. The Labute approximate surface area is 335 Å². The number of carbonyl (C=O) groups excluding carboxylic acids is 3. The molecule has 0 saturated carbocycles. The predicted octanol–water partition coefficient (Wildman–Crippen LogP) is 8.88. The second kappa shape index (κ2) is 15.0. The highest BCUT2D eigenvalue weighted by molar-refractivity contribution is 6.74. The molecule has 0 amide bonds. The number of Topliss-reactive ketones (excluding diaryl/α,β-unsaturated/α-hetero) is 2. The zero-order valence-corrected chi connectivity index (χ0v) is 35.2. The van der Waals surface area contributed by atoms with E-state index < -0.39 is 49.1 Å². The van der Waals surface area contributed by atoms with E-state index in [2.05, 4.69) is 25.9 Å². The van der Waals surface area contributed by atoms with Gasteiger partial charge < -0.3 is 28.3 Å². The lowest BCUT2D eigenvalue weighted by Gasteiger charge is -2.55. The maximum Gasteiger partial charge on any atom is 0.265 e. The lowest BCUT2D eigenvalue weighted by atomic mass is 9.58. The number of allylic oxidation sites excluding steroid dienone is 1. The molecule has 3 aromatic carbocycles. The van der Waals surface area contributed by atoms with Crippen LogP contribution in [0.25, 0.3) is 0 Å². The predicted molar refractivity (Wildman–Crippen MR) is 217 cm³/mol. The Morgan fingerprint density at radius 2 is 1.60 bits per heavy atom. The van der Waals surface area contributed by atoms with Crippen LogP contribution in [0.5, 0.6) is 17.4 Å². The Morgan fingerprint density at radius 3 is 2.16 bits per heavy atom. The standard InChI is InChI=1S/C45H52N2O9Si/c1-26(2)54-39-30(23-48)22-33(52-24-27-16-12-10-13-17-27)35-31(39)20-29-21-32-37(47(6)7)40-36(43(46-55-40)53-25-28-18-14-11-15-19-28)42(51)45(32,41(50)34(29)38(35)49)56-57(8,9)44(3,4)5/h10-19,22-23,26,29,32,37,50H,20-21,24-25H2,1-9H3/t29-,32-,37-,45?/m0/s1. The molecule has 4 aromatic rings. The van der Waals surface area contributed by atoms with Crippen LogP contribution in [0.2, 0.25) is 18.1 Å². The van der Waals surface area contributed by atoms with Gasteiger partial charge in [0.2, 0.25) is 5.78 Å². The first-order valence-electron chi connectivity index (χ1n) is 19.5. The van der Waals surface area contributed by atoms with Crippen LogP contribution in [0.15, 0.2) is 82.6 Å². The van der Waals surface area contributed by atoms with Gasteiger partial charge in [-0.3, -0.25) is 19.3 Å². The summed E-state index contributed by atoms with van der Waals surface area (Å²) in [5.41, 5.74) is 0.909. The van der Waals surface area contributed by atoms with Gasteiger partial charge in [0.25, 0.3) is 5.88 Å². The van der Waals surface area contributed by atoms with Crippen molar-refractivity contribution in [1.29, 1.82) is 0 Å². The second-order valence-corrected chi connectivity index (χ2v) is 22.1. The number of aromatic nitrogens is 1. The smallest absolute Gasteiger partial charge is 0.265 e. The molecule has 0 fully saturated rings. The van der Waals surface area contributed by atoms with Gasteiger partial charge in [0, 0.05) is 17.1 Å². The fraction of sp³-hybridized carbons (Fsp3) is 0.422. The third-order valence-corrected chi connectivity index (χ3v) is 16.4. The SMILES string of the molecule is CC(C)Oc1c(C=O)cc(OCc2ccccc2)c2c1C[C@H]1C[C@H]3[C@H](N(C)C)c4onc(OCc5ccccc5)c4C(=O)C3(O[Si](C)(C)C(C)(C)C)C(O)=C1C2=O. The van der Waals surface area contributed by atoms with Crippen molar-refractivity contribution in [2.45, 2.75) is 96.6 Å². The minimum absolute atomic E-state index is 0.00364. The van der Waals surface area contributed by atoms with Gasteiger partial charge in [0.15, 0.2) is 31.7 Å². The number of aldehydes is 1. The summed E-state index contributed by atoms with van der Waals surface area (Å²) in [7, 11) is 0.846. The van der Waals surface area contributed by atoms with Gasteiger partial charge in [-0.05, 0) is 87.2 Å². The van der Waals surface area contributed by atoms with Crippen molar-refractivity contribution in [1.82, 2.24) is 10.1 Å². The van der Waals surface area contributed by atoms with Crippen LogP contribution in [0.3, 0.4) is 0 Å². The third-order valence-electron chi connectivity index (χ3n) is 12.0. The molecule has 0 radical (unpaired) electrons. The van der Waals surface area contributed by atoms with E-state index in [1.807, 2.05) is 107 Å². The number of aliphatic hydroxyl groups is 1. The minimum Gasteiger partial charge on any atom is -0.508 e.